The van der Waals surface area contributed by atoms with Crippen LogP contribution in [0.5, 0.6) is 0 Å². The summed E-state index contributed by atoms with van der Waals surface area (Å²) in [6, 6.07) is 3.05. The molecule has 5 rings (SSSR count). The molecule has 3 heterocycles. The van der Waals surface area contributed by atoms with E-state index < -0.39 is 17.8 Å². The fourth-order valence-electron chi connectivity index (χ4n) is 4.22. The highest BCUT2D eigenvalue weighted by molar-refractivity contribution is 9.10. The summed E-state index contributed by atoms with van der Waals surface area (Å²) in [6.45, 7) is 0.718. The van der Waals surface area contributed by atoms with Crippen LogP contribution in [0.4, 0.5) is 13.2 Å². The van der Waals surface area contributed by atoms with Crippen LogP contribution in [0.1, 0.15) is 59.8 Å². The molecule has 0 unspecified atom stereocenters. The number of aromatic nitrogens is 2. The molecule has 0 radical (unpaired) electrons. The van der Waals surface area contributed by atoms with Gasteiger partial charge in [0.15, 0.2) is 5.69 Å². The lowest BCUT2D eigenvalue weighted by atomic mass is 9.91. The van der Waals surface area contributed by atoms with Crippen molar-refractivity contribution in [3.8, 4) is 0 Å². The van der Waals surface area contributed by atoms with Gasteiger partial charge < -0.3 is 9.80 Å². The SMILES string of the molecule is O=C(c1nn2c(C(F)(F)F)cc(C3CC3)cc2c1Br)N1CCN(C2CCC2)C(=O)C1. The molecular formula is C20H20BrF3N4O2. The van der Waals surface area contributed by atoms with Crippen molar-refractivity contribution in [3.63, 3.8) is 0 Å². The minimum atomic E-state index is -4.60. The van der Waals surface area contributed by atoms with E-state index in [2.05, 4.69) is 21.0 Å². The number of fused-ring (bicyclic) bond motifs is 1. The van der Waals surface area contributed by atoms with Crippen LogP contribution < -0.4 is 0 Å². The van der Waals surface area contributed by atoms with Crippen molar-refractivity contribution in [2.75, 3.05) is 19.6 Å². The van der Waals surface area contributed by atoms with Gasteiger partial charge in [-0.05, 0) is 71.6 Å². The molecule has 2 saturated carbocycles. The summed E-state index contributed by atoms with van der Waals surface area (Å²) in [4.78, 5) is 28.7. The third-order valence-corrected chi connectivity index (χ3v) is 7.08. The number of carbonyl (C=O) groups is 2. The molecule has 2 aromatic rings. The molecule has 0 N–H and O–H groups in total. The van der Waals surface area contributed by atoms with E-state index in [1.165, 1.54) is 4.90 Å². The van der Waals surface area contributed by atoms with E-state index >= 15 is 0 Å². The summed E-state index contributed by atoms with van der Waals surface area (Å²) in [6.07, 6.45) is 0.203. The molecule has 0 aromatic carbocycles. The largest absolute Gasteiger partial charge is 0.433 e. The number of hydrogen-bond donors (Lipinski definition) is 0. The maximum atomic E-state index is 13.7. The number of hydrogen-bond acceptors (Lipinski definition) is 3. The summed E-state index contributed by atoms with van der Waals surface area (Å²) >= 11 is 3.30. The van der Waals surface area contributed by atoms with Gasteiger partial charge >= 0.3 is 6.18 Å². The molecule has 10 heteroatoms. The van der Waals surface area contributed by atoms with Crippen molar-refractivity contribution in [3.05, 3.63) is 33.6 Å². The summed E-state index contributed by atoms with van der Waals surface area (Å²) in [5, 5.41) is 4.01. The standard InChI is InChI=1S/C20H20BrF3N4O2/c21-17-14-8-12(11-4-5-11)9-15(20(22,23)24)28(14)25-18(17)19(30)26-6-7-27(16(29)10-26)13-2-1-3-13/h8-9,11,13H,1-7,10H2. The first-order chi connectivity index (χ1) is 14.2. The number of alkyl halides is 3. The molecule has 30 heavy (non-hydrogen) atoms. The zero-order valence-corrected chi connectivity index (χ0v) is 17.7. The van der Waals surface area contributed by atoms with Crippen molar-refractivity contribution < 1.29 is 22.8 Å². The second-order valence-electron chi connectivity index (χ2n) is 8.30. The molecule has 6 nitrogen and oxygen atoms in total. The highest BCUT2D eigenvalue weighted by Crippen LogP contribution is 2.43. The van der Waals surface area contributed by atoms with Gasteiger partial charge in [0.25, 0.3) is 5.91 Å². The molecule has 1 aliphatic heterocycles. The predicted molar refractivity (Wildman–Crippen MR) is 105 cm³/mol. The lowest BCUT2D eigenvalue weighted by Gasteiger charge is -2.42. The number of carbonyl (C=O) groups excluding carboxylic acids is 2. The van der Waals surface area contributed by atoms with Crippen molar-refractivity contribution in [1.29, 1.82) is 0 Å². The fraction of sp³-hybridized carbons (Fsp3) is 0.550. The Hall–Kier alpha value is -2.10. The second kappa shape index (κ2) is 6.96. The van der Waals surface area contributed by atoms with Crippen molar-refractivity contribution in [1.82, 2.24) is 19.4 Å². The third kappa shape index (κ3) is 3.29. The maximum absolute atomic E-state index is 13.7. The van der Waals surface area contributed by atoms with E-state index in [9.17, 15) is 22.8 Å². The Balaban J connectivity index is 1.47. The van der Waals surface area contributed by atoms with Crippen molar-refractivity contribution in [2.45, 2.75) is 50.2 Å². The number of piperazine rings is 1. The number of nitrogens with zero attached hydrogens (tertiary/aromatic N) is 4. The van der Waals surface area contributed by atoms with Gasteiger partial charge in [-0.25, -0.2) is 4.52 Å². The van der Waals surface area contributed by atoms with Crippen LogP contribution in [0.2, 0.25) is 0 Å². The maximum Gasteiger partial charge on any atom is 0.433 e. The normalized spacial score (nSPS) is 20.7. The van der Waals surface area contributed by atoms with Gasteiger partial charge in [0.05, 0.1) is 9.99 Å². The molecule has 3 fully saturated rings. The Morgan fingerprint density at radius 3 is 2.43 bits per heavy atom. The number of pyridine rings is 1. The Kier molecular flexibility index (Phi) is 4.61. The van der Waals surface area contributed by atoms with Crippen LogP contribution >= 0.6 is 15.9 Å². The lowest BCUT2D eigenvalue weighted by Crippen LogP contribution is -2.56. The average molecular weight is 485 g/mol. The molecule has 2 amide bonds. The van der Waals surface area contributed by atoms with Gasteiger partial charge in [0.1, 0.15) is 12.2 Å². The zero-order chi connectivity index (χ0) is 21.2. The van der Waals surface area contributed by atoms with E-state index in [1.807, 2.05) is 4.90 Å². The van der Waals surface area contributed by atoms with Crippen LogP contribution in [0.25, 0.3) is 5.52 Å². The minimum Gasteiger partial charge on any atom is -0.336 e. The lowest BCUT2D eigenvalue weighted by molar-refractivity contribution is -0.142. The van der Waals surface area contributed by atoms with Crippen molar-refractivity contribution in [2.24, 2.45) is 0 Å². The van der Waals surface area contributed by atoms with Gasteiger partial charge in [0, 0.05) is 19.1 Å². The molecule has 2 aliphatic carbocycles. The molecule has 0 spiro atoms. The summed E-state index contributed by atoms with van der Waals surface area (Å²) in [5.41, 5.74) is -0.168. The van der Waals surface area contributed by atoms with Crippen LogP contribution in [0.15, 0.2) is 16.6 Å². The molecular weight excluding hydrogens is 465 g/mol. The molecule has 2 aromatic heterocycles. The van der Waals surface area contributed by atoms with Gasteiger partial charge in [-0.3, -0.25) is 9.59 Å². The summed E-state index contributed by atoms with van der Waals surface area (Å²) in [7, 11) is 0. The van der Waals surface area contributed by atoms with Gasteiger partial charge in [-0.2, -0.15) is 18.3 Å². The van der Waals surface area contributed by atoms with E-state index in [0.717, 1.165) is 42.7 Å². The zero-order valence-electron chi connectivity index (χ0n) is 16.1. The highest BCUT2D eigenvalue weighted by atomic mass is 79.9. The molecule has 3 aliphatic rings. The van der Waals surface area contributed by atoms with E-state index in [1.54, 1.807) is 6.07 Å². The summed E-state index contributed by atoms with van der Waals surface area (Å²) in [5.74, 6) is -0.534. The number of amides is 2. The fourth-order valence-corrected chi connectivity index (χ4v) is 4.75. The van der Waals surface area contributed by atoms with E-state index in [-0.39, 0.29) is 40.1 Å². The Morgan fingerprint density at radius 2 is 1.87 bits per heavy atom. The first kappa shape index (κ1) is 19.8. The van der Waals surface area contributed by atoms with Gasteiger partial charge in [-0.15, -0.1) is 0 Å². The van der Waals surface area contributed by atoms with E-state index in [0.29, 0.717) is 18.7 Å². The summed E-state index contributed by atoms with van der Waals surface area (Å²) < 4.78 is 42.0. The van der Waals surface area contributed by atoms with Crippen LogP contribution in [0, 0.1) is 0 Å². The quantitative estimate of drug-likeness (QED) is 0.665. The molecule has 0 atom stereocenters. The first-order valence-electron chi connectivity index (χ1n) is 10.1. The number of rotatable bonds is 3. The smallest absolute Gasteiger partial charge is 0.336 e. The predicted octanol–water partition coefficient (Wildman–Crippen LogP) is 3.83. The Bertz CT molecular complexity index is 1040. The monoisotopic (exact) mass is 484 g/mol. The van der Waals surface area contributed by atoms with Gasteiger partial charge in [0.2, 0.25) is 5.91 Å². The van der Waals surface area contributed by atoms with Crippen LogP contribution in [-0.2, 0) is 11.0 Å². The van der Waals surface area contributed by atoms with Gasteiger partial charge in [-0.1, -0.05) is 0 Å². The highest BCUT2D eigenvalue weighted by Gasteiger charge is 2.39. The molecule has 1 saturated heterocycles. The first-order valence-corrected chi connectivity index (χ1v) is 10.9. The van der Waals surface area contributed by atoms with Crippen molar-refractivity contribution >= 4 is 33.3 Å². The molecule has 160 valence electrons. The minimum absolute atomic E-state index is 0.0743. The van der Waals surface area contributed by atoms with Crippen LogP contribution in [0.3, 0.4) is 0 Å². The average Bonchev–Trinajstić information content (AvgIpc) is 3.44. The Labute approximate surface area is 179 Å². The number of halogens is 4. The third-order valence-electron chi connectivity index (χ3n) is 6.30. The Morgan fingerprint density at radius 1 is 1.13 bits per heavy atom. The molecule has 0 bridgehead atoms. The topological polar surface area (TPSA) is 57.9 Å². The van der Waals surface area contributed by atoms with E-state index in [4.69, 9.17) is 0 Å². The second-order valence-corrected chi connectivity index (χ2v) is 9.10. The van der Waals surface area contributed by atoms with Crippen LogP contribution in [-0.4, -0.2) is 56.9 Å².